The largest absolute Gasteiger partial charge is 0.480 e. The van der Waals surface area contributed by atoms with Gasteiger partial charge in [0.1, 0.15) is 12.3 Å². The zero-order valence-electron chi connectivity index (χ0n) is 8.62. The molecule has 0 spiro atoms. The molecule has 0 aromatic carbocycles. The van der Waals surface area contributed by atoms with E-state index in [1.54, 1.807) is 0 Å². The second-order valence-electron chi connectivity index (χ2n) is 3.51. The summed E-state index contributed by atoms with van der Waals surface area (Å²) in [5.41, 5.74) is 0.389. The molecule has 16 heavy (non-hydrogen) atoms. The molecule has 1 fully saturated rings. The number of thioether (sulfide) groups is 1. The standard InChI is InChI=1S/C10H11NO4S/c1-6-11(8(5-16-6)10(13)14)9(12)7-2-3-15-4-7/h2-4,6,8H,5H2,1H3,(H,13,14). The van der Waals surface area contributed by atoms with Crippen LogP contribution in [-0.4, -0.2) is 39.1 Å². The summed E-state index contributed by atoms with van der Waals surface area (Å²) in [6, 6.07) is 0.791. The normalized spacial score (nSPS) is 24.7. The fourth-order valence-electron chi connectivity index (χ4n) is 1.68. The van der Waals surface area contributed by atoms with Crippen LogP contribution in [0.4, 0.5) is 0 Å². The van der Waals surface area contributed by atoms with E-state index in [0.29, 0.717) is 11.3 Å². The number of aliphatic carboxylic acids is 1. The molecule has 1 aromatic heterocycles. The first kappa shape index (κ1) is 11.1. The highest BCUT2D eigenvalue weighted by Crippen LogP contribution is 2.30. The van der Waals surface area contributed by atoms with Gasteiger partial charge in [0.15, 0.2) is 0 Å². The third-order valence-electron chi connectivity index (χ3n) is 2.51. The molecule has 1 amide bonds. The topological polar surface area (TPSA) is 70.8 Å². The Kier molecular flexibility index (Phi) is 2.91. The molecule has 0 radical (unpaired) electrons. The Morgan fingerprint density at radius 1 is 1.62 bits per heavy atom. The number of carbonyl (C=O) groups excluding carboxylic acids is 1. The Balaban J connectivity index is 2.24. The zero-order valence-corrected chi connectivity index (χ0v) is 9.44. The van der Waals surface area contributed by atoms with Crippen molar-refractivity contribution in [3.05, 3.63) is 24.2 Å². The Morgan fingerprint density at radius 3 is 2.94 bits per heavy atom. The summed E-state index contributed by atoms with van der Waals surface area (Å²) in [6.45, 7) is 1.82. The lowest BCUT2D eigenvalue weighted by molar-refractivity contribution is -0.141. The maximum Gasteiger partial charge on any atom is 0.327 e. The highest BCUT2D eigenvalue weighted by atomic mass is 32.2. The van der Waals surface area contributed by atoms with Crippen LogP contribution in [0.3, 0.4) is 0 Å². The SMILES string of the molecule is CC1SCC(C(=O)O)N1C(=O)c1ccoc1. The van der Waals surface area contributed by atoms with Crippen molar-refractivity contribution in [1.82, 2.24) is 4.90 Å². The molecule has 0 bridgehead atoms. The number of hydrogen-bond donors (Lipinski definition) is 1. The minimum Gasteiger partial charge on any atom is -0.480 e. The van der Waals surface area contributed by atoms with Gasteiger partial charge in [0.2, 0.25) is 0 Å². The van der Waals surface area contributed by atoms with Crippen LogP contribution in [0.5, 0.6) is 0 Å². The number of furan rings is 1. The van der Waals surface area contributed by atoms with Gasteiger partial charge >= 0.3 is 5.97 Å². The lowest BCUT2D eigenvalue weighted by atomic mass is 10.2. The molecule has 6 heteroatoms. The summed E-state index contributed by atoms with van der Waals surface area (Å²) in [6.07, 6.45) is 2.73. The van der Waals surface area contributed by atoms with Crippen LogP contribution in [0.2, 0.25) is 0 Å². The third-order valence-corrected chi connectivity index (χ3v) is 3.73. The molecule has 1 N–H and O–H groups in total. The number of amides is 1. The molecule has 1 aliphatic heterocycles. The van der Waals surface area contributed by atoms with Crippen molar-refractivity contribution < 1.29 is 19.1 Å². The number of nitrogens with zero attached hydrogens (tertiary/aromatic N) is 1. The van der Waals surface area contributed by atoms with Crippen LogP contribution in [0.1, 0.15) is 17.3 Å². The molecule has 86 valence electrons. The number of hydrogen-bond acceptors (Lipinski definition) is 4. The first-order chi connectivity index (χ1) is 7.61. The summed E-state index contributed by atoms with van der Waals surface area (Å²) in [7, 11) is 0. The maximum absolute atomic E-state index is 12.0. The van der Waals surface area contributed by atoms with E-state index in [2.05, 4.69) is 0 Å². The molecule has 0 aliphatic carbocycles. The molecule has 0 saturated carbocycles. The fraction of sp³-hybridized carbons (Fsp3) is 0.400. The van der Waals surface area contributed by atoms with Crippen molar-refractivity contribution >= 4 is 23.6 Å². The number of carboxylic acid groups (broad SMARTS) is 1. The second-order valence-corrected chi connectivity index (χ2v) is 4.86. The summed E-state index contributed by atoms with van der Waals surface area (Å²) < 4.78 is 4.82. The van der Waals surface area contributed by atoms with Crippen LogP contribution >= 0.6 is 11.8 Å². The number of carbonyl (C=O) groups is 2. The van der Waals surface area contributed by atoms with Crippen LogP contribution in [0, 0.1) is 0 Å². The van der Waals surface area contributed by atoms with Crippen molar-refractivity contribution in [2.24, 2.45) is 0 Å². The maximum atomic E-state index is 12.0. The highest BCUT2D eigenvalue weighted by molar-refractivity contribution is 8.00. The molecule has 1 aromatic rings. The first-order valence-corrected chi connectivity index (χ1v) is 5.85. The van der Waals surface area contributed by atoms with E-state index in [-0.39, 0.29) is 11.3 Å². The summed E-state index contributed by atoms with van der Waals surface area (Å²) in [4.78, 5) is 24.4. The Morgan fingerprint density at radius 2 is 2.38 bits per heavy atom. The van der Waals surface area contributed by atoms with Gasteiger partial charge in [-0.2, -0.15) is 0 Å². The van der Waals surface area contributed by atoms with E-state index in [1.165, 1.54) is 35.3 Å². The van der Waals surface area contributed by atoms with Crippen LogP contribution in [0.15, 0.2) is 23.0 Å². The smallest absolute Gasteiger partial charge is 0.327 e. The summed E-state index contributed by atoms with van der Waals surface area (Å²) in [5.74, 6) is -0.826. The predicted molar refractivity (Wildman–Crippen MR) is 58.2 cm³/mol. The van der Waals surface area contributed by atoms with E-state index in [9.17, 15) is 9.59 Å². The lowest BCUT2D eigenvalue weighted by Crippen LogP contribution is -2.44. The van der Waals surface area contributed by atoms with E-state index >= 15 is 0 Å². The number of carboxylic acids is 1. The van der Waals surface area contributed by atoms with E-state index < -0.39 is 12.0 Å². The predicted octanol–water partition coefficient (Wildman–Crippen LogP) is 1.27. The molecule has 2 heterocycles. The van der Waals surface area contributed by atoms with Gasteiger partial charge < -0.3 is 14.4 Å². The summed E-state index contributed by atoms with van der Waals surface area (Å²) in [5, 5.41) is 8.90. The fourth-order valence-corrected chi connectivity index (χ4v) is 2.84. The molecule has 5 nitrogen and oxygen atoms in total. The van der Waals surface area contributed by atoms with Crippen molar-refractivity contribution in [3.63, 3.8) is 0 Å². The Hall–Kier alpha value is -1.43. The zero-order chi connectivity index (χ0) is 11.7. The van der Waals surface area contributed by atoms with Crippen molar-refractivity contribution in [1.29, 1.82) is 0 Å². The highest BCUT2D eigenvalue weighted by Gasteiger charge is 2.39. The van der Waals surface area contributed by atoms with Crippen molar-refractivity contribution in [2.45, 2.75) is 18.3 Å². The molecule has 1 saturated heterocycles. The van der Waals surface area contributed by atoms with E-state index in [4.69, 9.17) is 9.52 Å². The Bertz CT molecular complexity index is 403. The van der Waals surface area contributed by atoms with Crippen molar-refractivity contribution in [3.8, 4) is 0 Å². The second kappa shape index (κ2) is 4.21. The van der Waals surface area contributed by atoms with Crippen molar-refractivity contribution in [2.75, 3.05) is 5.75 Å². The molecule has 2 atom stereocenters. The van der Waals surface area contributed by atoms with Gasteiger partial charge in [-0.25, -0.2) is 4.79 Å². The number of rotatable bonds is 2. The molecule has 1 aliphatic rings. The molecular formula is C10H11NO4S. The van der Waals surface area contributed by atoms with Gasteiger partial charge in [-0.3, -0.25) is 4.79 Å². The van der Waals surface area contributed by atoms with Crippen LogP contribution < -0.4 is 0 Å². The Labute approximate surface area is 96.4 Å². The van der Waals surface area contributed by atoms with Gasteiger partial charge in [0.25, 0.3) is 5.91 Å². The lowest BCUT2D eigenvalue weighted by Gasteiger charge is -2.24. The van der Waals surface area contributed by atoms with E-state index in [0.717, 1.165) is 0 Å². The third kappa shape index (κ3) is 1.80. The first-order valence-electron chi connectivity index (χ1n) is 4.80. The quantitative estimate of drug-likeness (QED) is 0.844. The molecule has 2 unspecified atom stereocenters. The minimum absolute atomic E-state index is 0.122. The van der Waals surface area contributed by atoms with Crippen LogP contribution in [-0.2, 0) is 4.79 Å². The monoisotopic (exact) mass is 241 g/mol. The van der Waals surface area contributed by atoms with Gasteiger partial charge in [-0.1, -0.05) is 0 Å². The molecule has 2 rings (SSSR count). The molecular weight excluding hydrogens is 230 g/mol. The van der Waals surface area contributed by atoms with Gasteiger partial charge in [0.05, 0.1) is 17.2 Å². The minimum atomic E-state index is -0.964. The summed E-state index contributed by atoms with van der Waals surface area (Å²) >= 11 is 1.46. The average molecular weight is 241 g/mol. The van der Waals surface area contributed by atoms with E-state index in [1.807, 2.05) is 6.92 Å². The van der Waals surface area contributed by atoms with Gasteiger partial charge in [0, 0.05) is 5.75 Å². The van der Waals surface area contributed by atoms with Crippen LogP contribution in [0.25, 0.3) is 0 Å². The van der Waals surface area contributed by atoms with Gasteiger partial charge in [-0.05, 0) is 13.0 Å². The van der Waals surface area contributed by atoms with Gasteiger partial charge in [-0.15, -0.1) is 11.8 Å². The average Bonchev–Trinajstić information content (AvgIpc) is 2.84.